The average Bonchev–Trinajstić information content (AvgIpc) is 2.20. The minimum atomic E-state index is 0.361. The van der Waals surface area contributed by atoms with E-state index in [2.05, 4.69) is 19.2 Å². The van der Waals surface area contributed by atoms with Gasteiger partial charge in [0.2, 0.25) is 0 Å². The van der Waals surface area contributed by atoms with Gasteiger partial charge in [-0.1, -0.05) is 23.7 Å². The lowest BCUT2D eigenvalue weighted by Crippen LogP contribution is -2.40. The Hall–Kier alpha value is -0.800. The second kappa shape index (κ2) is 6.06. The standard InChI is InChI=1S/C12H17ClN2S/c1-9(2)14-12(16)15(3)8-10-4-6-11(13)7-5-10/h4-7,9H,8H2,1-3H3,(H,14,16). The molecule has 2 nitrogen and oxygen atoms in total. The van der Waals surface area contributed by atoms with E-state index >= 15 is 0 Å². The molecule has 88 valence electrons. The number of thiocarbonyl (C=S) groups is 1. The first-order valence-electron chi connectivity index (χ1n) is 5.25. The first kappa shape index (κ1) is 13.3. The van der Waals surface area contributed by atoms with Crippen LogP contribution in [0, 0.1) is 0 Å². The molecule has 0 bridgehead atoms. The van der Waals surface area contributed by atoms with Gasteiger partial charge in [0.25, 0.3) is 0 Å². The maximum atomic E-state index is 5.83. The van der Waals surface area contributed by atoms with E-state index in [0.29, 0.717) is 6.04 Å². The van der Waals surface area contributed by atoms with E-state index in [0.717, 1.165) is 16.7 Å². The van der Waals surface area contributed by atoms with Crippen LogP contribution < -0.4 is 5.32 Å². The van der Waals surface area contributed by atoms with Crippen molar-refractivity contribution >= 4 is 28.9 Å². The highest BCUT2D eigenvalue weighted by atomic mass is 35.5. The second-order valence-electron chi connectivity index (χ2n) is 4.09. The highest BCUT2D eigenvalue weighted by molar-refractivity contribution is 7.80. The molecule has 0 heterocycles. The Morgan fingerprint density at radius 1 is 1.38 bits per heavy atom. The molecule has 0 saturated heterocycles. The molecule has 1 rings (SSSR count). The van der Waals surface area contributed by atoms with Gasteiger partial charge in [0.1, 0.15) is 0 Å². The van der Waals surface area contributed by atoms with E-state index in [9.17, 15) is 0 Å². The molecule has 0 unspecified atom stereocenters. The van der Waals surface area contributed by atoms with Gasteiger partial charge in [-0.05, 0) is 43.8 Å². The van der Waals surface area contributed by atoms with Crippen molar-refractivity contribution in [3.05, 3.63) is 34.9 Å². The lowest BCUT2D eigenvalue weighted by Gasteiger charge is -2.22. The molecule has 0 spiro atoms. The summed E-state index contributed by atoms with van der Waals surface area (Å²) < 4.78 is 0. The van der Waals surface area contributed by atoms with Crippen LogP contribution in [0.2, 0.25) is 5.02 Å². The summed E-state index contributed by atoms with van der Waals surface area (Å²) in [5, 5.41) is 4.73. The molecule has 0 aromatic heterocycles. The molecule has 0 saturated carbocycles. The van der Waals surface area contributed by atoms with Crippen molar-refractivity contribution in [1.82, 2.24) is 10.2 Å². The third-order valence-electron chi connectivity index (χ3n) is 2.09. The summed E-state index contributed by atoms with van der Waals surface area (Å²) in [7, 11) is 1.98. The predicted molar refractivity (Wildman–Crippen MR) is 73.8 cm³/mol. The zero-order valence-corrected chi connectivity index (χ0v) is 11.4. The summed E-state index contributed by atoms with van der Waals surface area (Å²) in [6.07, 6.45) is 0. The van der Waals surface area contributed by atoms with Crippen molar-refractivity contribution in [2.45, 2.75) is 26.4 Å². The van der Waals surface area contributed by atoms with Crippen LogP contribution >= 0.6 is 23.8 Å². The molecule has 1 N–H and O–H groups in total. The number of rotatable bonds is 3. The number of nitrogens with one attached hydrogen (secondary N) is 1. The minimum absolute atomic E-state index is 0.361. The number of hydrogen-bond donors (Lipinski definition) is 1. The van der Waals surface area contributed by atoms with Gasteiger partial charge in [-0.15, -0.1) is 0 Å². The molecule has 0 radical (unpaired) electrons. The third-order valence-corrected chi connectivity index (χ3v) is 2.77. The molecule has 4 heteroatoms. The Labute approximate surface area is 108 Å². The fourth-order valence-electron chi connectivity index (χ4n) is 1.29. The Morgan fingerprint density at radius 3 is 2.44 bits per heavy atom. The highest BCUT2D eigenvalue weighted by Gasteiger charge is 2.05. The molecule has 0 aliphatic heterocycles. The molecule has 0 fully saturated rings. The summed E-state index contributed by atoms with van der Waals surface area (Å²) in [5.74, 6) is 0. The van der Waals surface area contributed by atoms with Gasteiger partial charge in [0.05, 0.1) is 0 Å². The second-order valence-corrected chi connectivity index (χ2v) is 4.91. The van der Waals surface area contributed by atoms with Crippen molar-refractivity contribution in [2.75, 3.05) is 7.05 Å². The number of nitrogens with zero attached hydrogens (tertiary/aromatic N) is 1. The highest BCUT2D eigenvalue weighted by Crippen LogP contribution is 2.10. The Morgan fingerprint density at radius 2 is 1.94 bits per heavy atom. The molecule has 16 heavy (non-hydrogen) atoms. The fourth-order valence-corrected chi connectivity index (χ4v) is 1.72. The summed E-state index contributed by atoms with van der Waals surface area (Å²) in [6.45, 7) is 4.93. The van der Waals surface area contributed by atoms with Gasteiger partial charge in [-0.2, -0.15) is 0 Å². The van der Waals surface area contributed by atoms with Crippen molar-refractivity contribution < 1.29 is 0 Å². The topological polar surface area (TPSA) is 15.3 Å². The van der Waals surface area contributed by atoms with Crippen LogP contribution in [0.4, 0.5) is 0 Å². The zero-order valence-electron chi connectivity index (χ0n) is 9.83. The third kappa shape index (κ3) is 4.37. The van der Waals surface area contributed by atoms with E-state index in [1.807, 2.05) is 36.2 Å². The largest absolute Gasteiger partial charge is 0.360 e. The molecule has 0 aliphatic rings. The van der Waals surface area contributed by atoms with Crippen molar-refractivity contribution in [3.63, 3.8) is 0 Å². The maximum absolute atomic E-state index is 5.83. The fraction of sp³-hybridized carbons (Fsp3) is 0.417. The van der Waals surface area contributed by atoms with Crippen LogP contribution in [0.5, 0.6) is 0 Å². The van der Waals surface area contributed by atoms with Crippen molar-refractivity contribution in [3.8, 4) is 0 Å². The molecular weight excluding hydrogens is 240 g/mol. The minimum Gasteiger partial charge on any atom is -0.360 e. The summed E-state index contributed by atoms with van der Waals surface area (Å²) in [4.78, 5) is 2.01. The van der Waals surface area contributed by atoms with E-state index in [1.165, 1.54) is 5.56 Å². The number of benzene rings is 1. The smallest absolute Gasteiger partial charge is 0.169 e. The molecule has 1 aromatic rings. The Balaban J connectivity index is 2.53. The summed E-state index contributed by atoms with van der Waals surface area (Å²) in [5.41, 5.74) is 1.19. The van der Waals surface area contributed by atoms with E-state index in [4.69, 9.17) is 23.8 Å². The Bertz CT molecular complexity index is 349. The SMILES string of the molecule is CC(C)NC(=S)N(C)Cc1ccc(Cl)cc1. The molecular formula is C12H17ClN2S. The molecule has 1 aromatic carbocycles. The van der Waals surface area contributed by atoms with Gasteiger partial charge < -0.3 is 10.2 Å². The first-order chi connectivity index (χ1) is 7.49. The zero-order chi connectivity index (χ0) is 12.1. The van der Waals surface area contributed by atoms with E-state index in [-0.39, 0.29) is 0 Å². The van der Waals surface area contributed by atoms with E-state index in [1.54, 1.807) is 0 Å². The summed E-state index contributed by atoms with van der Waals surface area (Å²) >= 11 is 11.1. The number of hydrogen-bond acceptors (Lipinski definition) is 1. The van der Waals surface area contributed by atoms with Gasteiger partial charge in [0.15, 0.2) is 5.11 Å². The lowest BCUT2D eigenvalue weighted by atomic mass is 10.2. The van der Waals surface area contributed by atoms with Crippen LogP contribution in [-0.4, -0.2) is 23.1 Å². The van der Waals surface area contributed by atoms with Crippen LogP contribution in [0.25, 0.3) is 0 Å². The van der Waals surface area contributed by atoms with Crippen molar-refractivity contribution in [2.24, 2.45) is 0 Å². The van der Waals surface area contributed by atoms with E-state index < -0.39 is 0 Å². The Kier molecular flexibility index (Phi) is 5.03. The summed E-state index contributed by atoms with van der Waals surface area (Å²) in [6, 6.07) is 8.17. The normalized spacial score (nSPS) is 10.3. The van der Waals surface area contributed by atoms with Gasteiger partial charge >= 0.3 is 0 Å². The first-order valence-corrected chi connectivity index (χ1v) is 6.03. The molecule has 0 aliphatic carbocycles. The van der Waals surface area contributed by atoms with Gasteiger partial charge in [-0.25, -0.2) is 0 Å². The van der Waals surface area contributed by atoms with Crippen LogP contribution in [0.15, 0.2) is 24.3 Å². The van der Waals surface area contributed by atoms with Gasteiger partial charge in [-0.3, -0.25) is 0 Å². The van der Waals surface area contributed by atoms with Gasteiger partial charge in [0, 0.05) is 24.7 Å². The average molecular weight is 257 g/mol. The lowest BCUT2D eigenvalue weighted by molar-refractivity contribution is 0.480. The van der Waals surface area contributed by atoms with Crippen molar-refractivity contribution in [1.29, 1.82) is 0 Å². The van der Waals surface area contributed by atoms with Crippen LogP contribution in [0.1, 0.15) is 19.4 Å². The van der Waals surface area contributed by atoms with Crippen LogP contribution in [0.3, 0.4) is 0 Å². The maximum Gasteiger partial charge on any atom is 0.169 e. The monoisotopic (exact) mass is 256 g/mol. The van der Waals surface area contributed by atoms with Crippen LogP contribution in [-0.2, 0) is 6.54 Å². The predicted octanol–water partition coefficient (Wildman–Crippen LogP) is 3.05. The molecule has 0 atom stereocenters. The molecule has 0 amide bonds. The number of halogens is 1. The quantitative estimate of drug-likeness (QED) is 0.837.